The van der Waals surface area contributed by atoms with Gasteiger partial charge in [-0.2, -0.15) is 0 Å². The molecule has 5 heteroatoms. The minimum absolute atomic E-state index is 0.298. The Morgan fingerprint density at radius 2 is 1.47 bits per heavy atom. The van der Waals surface area contributed by atoms with Crippen molar-refractivity contribution in [3.63, 3.8) is 0 Å². The van der Waals surface area contributed by atoms with Crippen molar-refractivity contribution in [3.05, 3.63) is 95.9 Å². The maximum absolute atomic E-state index is 14.1. The third kappa shape index (κ3) is 2.34. The fourth-order valence-corrected chi connectivity index (χ4v) is 5.56. The van der Waals surface area contributed by atoms with Crippen molar-refractivity contribution in [2.75, 3.05) is 0 Å². The molecule has 0 saturated carbocycles. The van der Waals surface area contributed by atoms with Crippen molar-refractivity contribution in [1.29, 1.82) is 0 Å². The Bertz CT molecular complexity index is 1940. The van der Waals surface area contributed by atoms with Crippen molar-refractivity contribution < 1.29 is 17.7 Å². The first-order valence-electron chi connectivity index (χ1n) is 11.1. The van der Waals surface area contributed by atoms with Crippen LogP contribution in [0.3, 0.4) is 0 Å². The number of para-hydroxylation sites is 1. The van der Waals surface area contributed by atoms with Gasteiger partial charge in [-0.1, -0.05) is 30.3 Å². The predicted octanol–water partition coefficient (Wildman–Crippen LogP) is 7.21. The quantitative estimate of drug-likeness (QED) is 0.108. The zero-order chi connectivity index (χ0) is 23.3. The molecule has 0 aliphatic heterocycles. The van der Waals surface area contributed by atoms with Gasteiger partial charge in [-0.05, 0) is 59.3 Å². The average molecular weight is 451 g/mol. The smallest absolute Gasteiger partial charge is 0.224 e. The van der Waals surface area contributed by atoms with Crippen LogP contribution in [0.5, 0.6) is 0 Å². The highest BCUT2D eigenvalue weighted by molar-refractivity contribution is 6.26. The number of fused-ring (bicyclic) bond motifs is 5. The van der Waals surface area contributed by atoms with Gasteiger partial charge in [-0.3, -0.25) is 0 Å². The number of rotatable bonds is 1. The summed E-state index contributed by atoms with van der Waals surface area (Å²) in [5.41, 5.74) is 6.33. The third-order valence-electron chi connectivity index (χ3n) is 7.06. The van der Waals surface area contributed by atoms with Gasteiger partial charge in [-0.15, -0.1) is 0 Å². The Hall–Kier alpha value is -4.12. The minimum Gasteiger partial charge on any atom is -0.307 e. The van der Waals surface area contributed by atoms with E-state index < -0.39 is 17.5 Å². The lowest BCUT2D eigenvalue weighted by molar-refractivity contribution is -0.643. The molecule has 164 valence electrons. The van der Waals surface area contributed by atoms with E-state index in [1.165, 1.54) is 10.9 Å². The number of aromatic nitrogens is 2. The Balaban J connectivity index is 1.78. The molecular weight excluding hydrogens is 433 g/mol. The van der Waals surface area contributed by atoms with Crippen LogP contribution < -0.4 is 4.57 Å². The molecule has 0 aliphatic rings. The highest BCUT2D eigenvalue weighted by Crippen LogP contribution is 2.42. The van der Waals surface area contributed by atoms with Gasteiger partial charge in [0.2, 0.25) is 5.52 Å². The van der Waals surface area contributed by atoms with Gasteiger partial charge in [0.15, 0.2) is 23.6 Å². The van der Waals surface area contributed by atoms with E-state index in [0.29, 0.717) is 11.1 Å². The van der Waals surface area contributed by atoms with E-state index in [1.54, 1.807) is 0 Å². The van der Waals surface area contributed by atoms with Crippen molar-refractivity contribution in [1.82, 2.24) is 4.40 Å². The maximum atomic E-state index is 14.1. The summed E-state index contributed by atoms with van der Waals surface area (Å²) in [6, 6.07) is 20.6. The summed E-state index contributed by atoms with van der Waals surface area (Å²) in [5, 5.41) is 5.50. The average Bonchev–Trinajstić information content (AvgIpc) is 3.17. The second kappa shape index (κ2) is 6.48. The van der Waals surface area contributed by atoms with E-state index in [1.807, 2.05) is 43.6 Å². The van der Waals surface area contributed by atoms with Gasteiger partial charge in [0, 0.05) is 16.8 Å². The van der Waals surface area contributed by atoms with Crippen LogP contribution >= 0.6 is 0 Å². The van der Waals surface area contributed by atoms with E-state index in [-0.39, 0.29) is 0 Å². The molecule has 34 heavy (non-hydrogen) atoms. The van der Waals surface area contributed by atoms with Gasteiger partial charge in [0.05, 0.1) is 27.3 Å². The summed E-state index contributed by atoms with van der Waals surface area (Å²) < 4.78 is 46.3. The number of halogens is 3. The summed E-state index contributed by atoms with van der Waals surface area (Å²) in [7, 11) is 2.04. The van der Waals surface area contributed by atoms with Gasteiger partial charge < -0.3 is 4.40 Å². The molecule has 4 aromatic carbocycles. The number of hydrogen-bond acceptors (Lipinski definition) is 0. The van der Waals surface area contributed by atoms with E-state index >= 15 is 0 Å². The molecule has 3 heterocycles. The van der Waals surface area contributed by atoms with Crippen molar-refractivity contribution in [2.24, 2.45) is 7.05 Å². The summed E-state index contributed by atoms with van der Waals surface area (Å²) in [6.45, 7) is 2.12. The molecule has 2 nitrogen and oxygen atoms in total. The number of hydrogen-bond donors (Lipinski definition) is 0. The first-order chi connectivity index (χ1) is 16.4. The molecule has 0 saturated heterocycles. The first-order valence-corrected chi connectivity index (χ1v) is 11.1. The number of aryl methyl sites for hydroxylation is 2. The zero-order valence-corrected chi connectivity index (χ0v) is 18.5. The largest absolute Gasteiger partial charge is 0.307 e. The van der Waals surface area contributed by atoms with E-state index in [0.717, 1.165) is 55.7 Å². The van der Waals surface area contributed by atoms with Crippen LogP contribution in [0.15, 0.2) is 72.9 Å². The van der Waals surface area contributed by atoms with Gasteiger partial charge in [-0.25, -0.2) is 17.7 Å². The molecule has 0 atom stereocenters. The molecule has 0 spiro atoms. The Morgan fingerprint density at radius 3 is 2.26 bits per heavy atom. The topological polar surface area (TPSA) is 8.29 Å². The number of pyridine rings is 2. The molecule has 0 radical (unpaired) electrons. The van der Waals surface area contributed by atoms with Crippen molar-refractivity contribution in [3.8, 4) is 11.1 Å². The molecule has 0 aliphatic carbocycles. The molecule has 3 aromatic heterocycles. The lowest BCUT2D eigenvalue weighted by Gasteiger charge is -2.14. The van der Waals surface area contributed by atoms with Gasteiger partial charge >= 0.3 is 0 Å². The van der Waals surface area contributed by atoms with Crippen LogP contribution in [0, 0.1) is 24.4 Å². The maximum Gasteiger partial charge on any atom is 0.224 e. The van der Waals surface area contributed by atoms with E-state index in [2.05, 4.69) is 40.2 Å². The SMILES string of the molecule is Cc1ccc2c3ccccc3n3c4cc(-c5cc(F)c(F)c(F)c5)cc5cc[n+](C)c(c1c23)c54. The van der Waals surface area contributed by atoms with Crippen LogP contribution in [-0.2, 0) is 7.05 Å². The van der Waals surface area contributed by atoms with Crippen LogP contribution in [0.1, 0.15) is 5.56 Å². The van der Waals surface area contributed by atoms with Gasteiger partial charge in [0.25, 0.3) is 0 Å². The summed E-state index contributed by atoms with van der Waals surface area (Å²) in [4.78, 5) is 0. The molecule has 0 fully saturated rings. The van der Waals surface area contributed by atoms with Crippen molar-refractivity contribution >= 4 is 49.0 Å². The summed E-state index contributed by atoms with van der Waals surface area (Å²) in [6.07, 6.45) is 2.01. The highest BCUT2D eigenvalue weighted by Gasteiger charge is 2.24. The Labute approximate surface area is 192 Å². The predicted molar refractivity (Wildman–Crippen MR) is 130 cm³/mol. The molecule has 7 rings (SSSR count). The normalized spacial score (nSPS) is 12.3. The minimum atomic E-state index is -1.46. The molecular formula is C29H18F3N2+. The Kier molecular flexibility index (Phi) is 3.69. The fourth-order valence-electron chi connectivity index (χ4n) is 5.56. The summed E-state index contributed by atoms with van der Waals surface area (Å²) >= 11 is 0. The molecule has 7 aromatic rings. The standard InChI is InChI=1S/C29H18F3N2/c1-15-7-8-20-19-5-3-4-6-23(19)34-24-14-17(18-12-21(30)27(32)22(31)13-18)11-16-9-10-33(2)29(26(16)24)25(15)28(20)34/h3-14H,1-2H3/q+1. The molecule has 0 amide bonds. The van der Waals surface area contributed by atoms with Crippen LogP contribution in [0.25, 0.3) is 60.1 Å². The number of benzene rings is 4. The van der Waals surface area contributed by atoms with Crippen LogP contribution in [0.4, 0.5) is 13.2 Å². The zero-order valence-electron chi connectivity index (χ0n) is 18.5. The number of nitrogens with zero attached hydrogens (tertiary/aromatic N) is 2. The summed E-state index contributed by atoms with van der Waals surface area (Å²) in [5.74, 6) is -3.85. The van der Waals surface area contributed by atoms with E-state index in [9.17, 15) is 13.2 Å². The first kappa shape index (κ1) is 19.4. The fraction of sp³-hybridized carbons (Fsp3) is 0.0690. The second-order valence-electron chi connectivity index (χ2n) is 8.99. The Morgan fingerprint density at radius 1 is 0.735 bits per heavy atom. The highest BCUT2D eigenvalue weighted by atomic mass is 19.2. The molecule has 0 bridgehead atoms. The lowest BCUT2D eigenvalue weighted by atomic mass is 9.96. The van der Waals surface area contributed by atoms with Crippen molar-refractivity contribution in [2.45, 2.75) is 6.92 Å². The lowest BCUT2D eigenvalue weighted by Crippen LogP contribution is -2.28. The van der Waals surface area contributed by atoms with Crippen LogP contribution in [-0.4, -0.2) is 4.40 Å². The molecule has 0 N–H and O–H groups in total. The van der Waals surface area contributed by atoms with Gasteiger partial charge in [0.1, 0.15) is 7.05 Å². The third-order valence-corrected chi connectivity index (χ3v) is 7.06. The monoisotopic (exact) mass is 451 g/mol. The second-order valence-corrected chi connectivity index (χ2v) is 8.99. The van der Waals surface area contributed by atoms with E-state index in [4.69, 9.17) is 0 Å². The molecule has 0 unspecified atom stereocenters. The van der Waals surface area contributed by atoms with Crippen LogP contribution in [0.2, 0.25) is 0 Å².